The fourth-order valence-electron chi connectivity index (χ4n) is 3.26. The Morgan fingerprint density at radius 2 is 1.78 bits per heavy atom. The molecule has 0 unspecified atom stereocenters. The Kier molecular flexibility index (Phi) is 5.21. The van der Waals surface area contributed by atoms with Crippen LogP contribution in [0.25, 0.3) is 22.1 Å². The van der Waals surface area contributed by atoms with Gasteiger partial charge in [-0.25, -0.2) is 17.2 Å². The van der Waals surface area contributed by atoms with E-state index in [9.17, 15) is 26.8 Å². The second-order valence-electron chi connectivity index (χ2n) is 7.21. The number of rotatable bonds is 5. The molecule has 0 saturated heterocycles. The molecule has 4 aromatic rings. The molecule has 1 aromatic carbocycles. The lowest BCUT2D eigenvalue weighted by Crippen LogP contribution is -2.23. The molecule has 0 bridgehead atoms. The Labute approximate surface area is 179 Å². The lowest BCUT2D eigenvalue weighted by Gasteiger charge is -2.15. The van der Waals surface area contributed by atoms with E-state index in [-0.39, 0.29) is 22.6 Å². The van der Waals surface area contributed by atoms with Gasteiger partial charge in [-0.2, -0.15) is 0 Å². The first kappa shape index (κ1) is 21.5. The maximum Gasteiger partial charge on any atom is 0.293 e. The lowest BCUT2D eigenvalue weighted by atomic mass is 10.0. The van der Waals surface area contributed by atoms with Crippen molar-refractivity contribution in [1.82, 2.24) is 9.13 Å². The van der Waals surface area contributed by atoms with Crippen molar-refractivity contribution < 1.29 is 26.4 Å². The minimum Gasteiger partial charge on any atom is -0.458 e. The van der Waals surface area contributed by atoms with E-state index in [4.69, 9.17) is 9.15 Å². The number of aromatic nitrogens is 2. The van der Waals surface area contributed by atoms with Gasteiger partial charge < -0.3 is 13.7 Å². The third kappa shape index (κ3) is 4.06. The van der Waals surface area contributed by atoms with Gasteiger partial charge in [0.15, 0.2) is 27.0 Å². The molecule has 0 N–H and O–H groups in total. The van der Waals surface area contributed by atoms with Crippen molar-refractivity contribution in [3.63, 3.8) is 0 Å². The summed E-state index contributed by atoms with van der Waals surface area (Å²) < 4.78 is 64.1. The lowest BCUT2D eigenvalue weighted by molar-refractivity contribution is 0.437. The van der Waals surface area contributed by atoms with Gasteiger partial charge in [0.25, 0.3) is 11.1 Å². The number of pyridine rings is 2. The van der Waals surface area contributed by atoms with Crippen LogP contribution in [0.15, 0.2) is 63.0 Å². The highest BCUT2D eigenvalue weighted by Crippen LogP contribution is 2.36. The quantitative estimate of drug-likeness (QED) is 0.452. The van der Waals surface area contributed by atoms with Crippen molar-refractivity contribution in [2.45, 2.75) is 5.88 Å². The summed E-state index contributed by atoms with van der Waals surface area (Å²) in [4.78, 5) is 24.9. The molecular formula is C21H16F2N2O6S. The van der Waals surface area contributed by atoms with Crippen LogP contribution in [0, 0.1) is 11.6 Å². The summed E-state index contributed by atoms with van der Waals surface area (Å²) >= 11 is 0. The number of fused-ring (bicyclic) bond motifs is 1. The summed E-state index contributed by atoms with van der Waals surface area (Å²) in [6, 6.07) is 5.20. The van der Waals surface area contributed by atoms with Gasteiger partial charge in [-0.1, -0.05) is 0 Å². The zero-order valence-electron chi connectivity index (χ0n) is 16.8. The van der Waals surface area contributed by atoms with Crippen LogP contribution in [0.2, 0.25) is 0 Å². The summed E-state index contributed by atoms with van der Waals surface area (Å²) in [5.41, 5.74) is -0.533. The molecule has 8 nitrogen and oxygen atoms in total. The normalized spacial score (nSPS) is 11.8. The van der Waals surface area contributed by atoms with Crippen LogP contribution in [-0.2, 0) is 22.8 Å². The van der Waals surface area contributed by atoms with Crippen LogP contribution in [-0.4, -0.2) is 23.8 Å². The highest BCUT2D eigenvalue weighted by molar-refractivity contribution is 7.89. The average Bonchev–Trinajstić information content (AvgIpc) is 3.18. The van der Waals surface area contributed by atoms with E-state index in [1.54, 1.807) is 0 Å². The van der Waals surface area contributed by atoms with Crippen molar-refractivity contribution in [3.05, 3.63) is 81.3 Å². The molecule has 4 rings (SSSR count). The van der Waals surface area contributed by atoms with Gasteiger partial charge in [0.2, 0.25) is 0 Å². The molecule has 0 atom stereocenters. The van der Waals surface area contributed by atoms with Crippen LogP contribution in [0.5, 0.6) is 11.5 Å². The van der Waals surface area contributed by atoms with E-state index in [1.165, 1.54) is 36.3 Å². The molecule has 0 aliphatic rings. The topological polar surface area (TPSA) is 101 Å². The summed E-state index contributed by atoms with van der Waals surface area (Å²) in [5.74, 6) is -2.88. The van der Waals surface area contributed by atoms with Gasteiger partial charge in [-0.15, -0.1) is 0 Å². The fraction of sp³-hybridized carbons (Fsp3) is 0.143. The maximum absolute atomic E-state index is 14.2. The van der Waals surface area contributed by atoms with Crippen LogP contribution in [0.1, 0.15) is 0 Å². The van der Waals surface area contributed by atoms with Crippen molar-refractivity contribution in [2.24, 2.45) is 7.05 Å². The number of halogens is 2. The van der Waals surface area contributed by atoms with Gasteiger partial charge >= 0.3 is 0 Å². The zero-order valence-corrected chi connectivity index (χ0v) is 17.7. The molecule has 0 radical (unpaired) electrons. The molecule has 0 spiro atoms. The standard InChI is InChI=1S/C21H16F2N2O6S/c1-24-9-14(13-5-6-30-20(13)21(24)27)15-10-25(11-32(2,28)29)19(26)8-18(15)31-17-4-3-12(22)7-16(17)23/h3-10H,11H2,1-2H3. The number of nitrogens with zero attached hydrogens (tertiary/aromatic N) is 2. The van der Waals surface area contributed by atoms with Crippen LogP contribution in [0.4, 0.5) is 8.78 Å². The first-order valence-electron chi connectivity index (χ1n) is 9.16. The highest BCUT2D eigenvalue weighted by Gasteiger charge is 2.20. The summed E-state index contributed by atoms with van der Waals surface area (Å²) in [5, 5.41) is 0.377. The maximum atomic E-state index is 14.2. The van der Waals surface area contributed by atoms with Gasteiger partial charge in [-0.05, 0) is 18.2 Å². The smallest absolute Gasteiger partial charge is 0.293 e. The predicted molar refractivity (Wildman–Crippen MR) is 112 cm³/mol. The van der Waals surface area contributed by atoms with Crippen LogP contribution in [0.3, 0.4) is 0 Å². The van der Waals surface area contributed by atoms with E-state index in [1.807, 2.05) is 0 Å². The van der Waals surface area contributed by atoms with E-state index < -0.39 is 38.5 Å². The number of sulfone groups is 1. The van der Waals surface area contributed by atoms with E-state index in [0.29, 0.717) is 17.0 Å². The van der Waals surface area contributed by atoms with Gasteiger partial charge in [0.1, 0.15) is 17.4 Å². The van der Waals surface area contributed by atoms with Crippen molar-refractivity contribution in [3.8, 4) is 22.6 Å². The van der Waals surface area contributed by atoms with E-state index in [0.717, 1.165) is 29.0 Å². The number of aryl methyl sites for hydroxylation is 1. The summed E-state index contributed by atoms with van der Waals surface area (Å²) in [6.45, 7) is 0. The number of benzene rings is 1. The summed E-state index contributed by atoms with van der Waals surface area (Å²) in [7, 11) is -2.10. The third-order valence-corrected chi connectivity index (χ3v) is 5.41. The Balaban J connectivity index is 2.00. The molecule has 3 aromatic heterocycles. The summed E-state index contributed by atoms with van der Waals surface area (Å²) in [6.07, 6.45) is 4.98. The Hall–Kier alpha value is -3.73. The molecule has 0 fully saturated rings. The second kappa shape index (κ2) is 7.75. The predicted octanol–water partition coefficient (Wildman–Crippen LogP) is 3.03. The largest absolute Gasteiger partial charge is 0.458 e. The first-order chi connectivity index (χ1) is 15.0. The Morgan fingerprint density at radius 3 is 2.47 bits per heavy atom. The first-order valence-corrected chi connectivity index (χ1v) is 11.2. The second-order valence-corrected chi connectivity index (χ2v) is 9.32. The number of furan rings is 1. The SMILES string of the molecule is Cn1cc(-c2cn(CS(C)(=O)=O)c(=O)cc2Oc2ccc(F)cc2F)c2ccoc2c1=O. The van der Waals surface area contributed by atoms with Crippen LogP contribution < -0.4 is 15.9 Å². The molecule has 32 heavy (non-hydrogen) atoms. The van der Waals surface area contributed by atoms with Gasteiger partial charge in [0, 0.05) is 54.3 Å². The highest BCUT2D eigenvalue weighted by atomic mass is 32.2. The van der Waals surface area contributed by atoms with Gasteiger partial charge in [-0.3, -0.25) is 14.2 Å². The molecule has 0 aliphatic heterocycles. The number of hydrogen-bond acceptors (Lipinski definition) is 6. The molecule has 11 heteroatoms. The Bertz CT molecular complexity index is 1580. The van der Waals surface area contributed by atoms with Crippen LogP contribution >= 0.6 is 0 Å². The van der Waals surface area contributed by atoms with E-state index >= 15 is 0 Å². The molecule has 0 saturated carbocycles. The Morgan fingerprint density at radius 1 is 1.03 bits per heavy atom. The zero-order chi connectivity index (χ0) is 23.2. The fourth-order valence-corrected chi connectivity index (χ4v) is 3.96. The third-order valence-electron chi connectivity index (χ3n) is 4.66. The molecule has 166 valence electrons. The monoisotopic (exact) mass is 462 g/mol. The minimum absolute atomic E-state index is 0.0322. The molecule has 0 amide bonds. The molecule has 3 heterocycles. The van der Waals surface area contributed by atoms with Crippen molar-refractivity contribution in [2.75, 3.05) is 6.26 Å². The molecular weight excluding hydrogens is 446 g/mol. The van der Waals surface area contributed by atoms with Gasteiger partial charge in [0.05, 0.1) is 6.26 Å². The average molecular weight is 462 g/mol. The number of hydrogen-bond donors (Lipinski definition) is 0. The number of ether oxygens (including phenoxy) is 1. The minimum atomic E-state index is -3.58. The molecule has 0 aliphatic carbocycles. The van der Waals surface area contributed by atoms with E-state index in [2.05, 4.69) is 0 Å². The van der Waals surface area contributed by atoms with Crippen molar-refractivity contribution in [1.29, 1.82) is 0 Å². The van der Waals surface area contributed by atoms with Crippen molar-refractivity contribution >= 4 is 20.8 Å².